The minimum atomic E-state index is -0.356. The second-order valence-corrected chi connectivity index (χ2v) is 7.53. The minimum Gasteiger partial charge on any atom is -0.345 e. The van der Waals surface area contributed by atoms with Gasteiger partial charge in [0.1, 0.15) is 20.7 Å². The van der Waals surface area contributed by atoms with E-state index in [-0.39, 0.29) is 11.7 Å². The quantitative estimate of drug-likeness (QED) is 0.543. The molecule has 1 N–H and O–H groups in total. The largest absolute Gasteiger partial charge is 0.345 e. The Morgan fingerprint density at radius 1 is 1.15 bits per heavy atom. The molecule has 5 nitrogen and oxygen atoms in total. The summed E-state index contributed by atoms with van der Waals surface area (Å²) < 4.78 is 13.9. The number of carbonyl (C=O) groups is 1. The lowest BCUT2D eigenvalue weighted by Gasteiger charge is -2.00. The lowest BCUT2D eigenvalue weighted by atomic mass is 10.2. The first kappa shape index (κ1) is 17.4. The maximum absolute atomic E-state index is 13.9. The van der Waals surface area contributed by atoms with E-state index in [1.54, 1.807) is 30.6 Å². The molecule has 4 aromatic rings. The number of nitrogens with zero attached hydrogens (tertiary/aromatic N) is 3. The summed E-state index contributed by atoms with van der Waals surface area (Å²) in [5.74, 6) is -0.610. The van der Waals surface area contributed by atoms with E-state index in [4.69, 9.17) is 0 Å². The van der Waals surface area contributed by atoms with Crippen LogP contribution in [0.2, 0.25) is 0 Å². The van der Waals surface area contributed by atoms with Crippen LogP contribution in [0.5, 0.6) is 0 Å². The molecule has 3 heterocycles. The van der Waals surface area contributed by atoms with Crippen molar-refractivity contribution in [2.45, 2.75) is 6.54 Å². The first-order chi connectivity index (χ1) is 13.2. The molecule has 1 amide bonds. The van der Waals surface area contributed by atoms with Crippen LogP contribution in [0.25, 0.3) is 21.8 Å². The standard InChI is InChI=1S/C19H13FN4OS2/c20-14-4-2-1-3-13(14)19-23-9-16(27-19)18(25)22-10-17-24-15(11-26-17)12-5-7-21-8-6-12/h1-9,11H,10H2,(H,22,25). The van der Waals surface area contributed by atoms with Gasteiger partial charge in [-0.05, 0) is 24.3 Å². The van der Waals surface area contributed by atoms with Crippen LogP contribution in [0.4, 0.5) is 4.39 Å². The summed E-state index contributed by atoms with van der Waals surface area (Å²) in [4.78, 5) is 25.5. The van der Waals surface area contributed by atoms with E-state index < -0.39 is 0 Å². The number of aromatic nitrogens is 3. The van der Waals surface area contributed by atoms with Crippen LogP contribution in [-0.2, 0) is 6.54 Å². The summed E-state index contributed by atoms with van der Waals surface area (Å²) in [6, 6.07) is 10.2. The van der Waals surface area contributed by atoms with Crippen molar-refractivity contribution in [2.24, 2.45) is 0 Å². The Morgan fingerprint density at radius 3 is 2.78 bits per heavy atom. The van der Waals surface area contributed by atoms with Crippen LogP contribution in [0.15, 0.2) is 60.4 Å². The molecule has 0 aliphatic rings. The molecule has 0 saturated carbocycles. The third-order valence-electron chi connectivity index (χ3n) is 3.76. The number of thiazole rings is 2. The van der Waals surface area contributed by atoms with Gasteiger partial charge in [0, 0.05) is 28.9 Å². The van der Waals surface area contributed by atoms with Crippen LogP contribution in [0.3, 0.4) is 0 Å². The van der Waals surface area contributed by atoms with Crippen molar-refractivity contribution >= 4 is 28.6 Å². The van der Waals surface area contributed by atoms with Gasteiger partial charge in [-0.2, -0.15) is 0 Å². The zero-order valence-electron chi connectivity index (χ0n) is 13.9. The topological polar surface area (TPSA) is 67.8 Å². The normalized spacial score (nSPS) is 10.7. The lowest BCUT2D eigenvalue weighted by molar-refractivity contribution is 0.0954. The Labute approximate surface area is 162 Å². The fourth-order valence-corrected chi connectivity index (χ4v) is 4.03. The van der Waals surface area contributed by atoms with E-state index in [2.05, 4.69) is 20.3 Å². The molecule has 0 radical (unpaired) electrons. The molecule has 0 bridgehead atoms. The number of hydrogen-bond acceptors (Lipinski definition) is 6. The van der Waals surface area contributed by atoms with Gasteiger partial charge in [0.05, 0.1) is 18.4 Å². The second kappa shape index (κ2) is 7.73. The van der Waals surface area contributed by atoms with Crippen LogP contribution in [0, 0.1) is 5.82 Å². The number of benzene rings is 1. The SMILES string of the molecule is O=C(NCc1nc(-c2ccncc2)cs1)c1cnc(-c2ccccc2F)s1. The van der Waals surface area contributed by atoms with Gasteiger partial charge in [-0.15, -0.1) is 22.7 Å². The van der Waals surface area contributed by atoms with Gasteiger partial charge in [0.15, 0.2) is 0 Å². The predicted molar refractivity (Wildman–Crippen MR) is 104 cm³/mol. The Bertz CT molecular complexity index is 1080. The molecular formula is C19H13FN4OS2. The molecular weight excluding hydrogens is 383 g/mol. The number of nitrogens with one attached hydrogen (secondary N) is 1. The molecule has 4 rings (SSSR count). The lowest BCUT2D eigenvalue weighted by Crippen LogP contribution is -2.21. The van der Waals surface area contributed by atoms with Crippen molar-refractivity contribution in [2.75, 3.05) is 0 Å². The average Bonchev–Trinajstić information content (AvgIpc) is 3.37. The Hall–Kier alpha value is -2.97. The summed E-state index contributed by atoms with van der Waals surface area (Å²) in [6.07, 6.45) is 4.90. The average molecular weight is 396 g/mol. The summed E-state index contributed by atoms with van der Waals surface area (Å²) in [6.45, 7) is 0.321. The number of pyridine rings is 1. The summed E-state index contributed by atoms with van der Waals surface area (Å²) >= 11 is 2.64. The third-order valence-corrected chi connectivity index (χ3v) is 5.64. The van der Waals surface area contributed by atoms with Crippen molar-refractivity contribution in [3.63, 3.8) is 0 Å². The molecule has 0 saturated heterocycles. The van der Waals surface area contributed by atoms with Crippen LogP contribution in [0.1, 0.15) is 14.7 Å². The number of hydrogen-bond donors (Lipinski definition) is 1. The summed E-state index contributed by atoms with van der Waals surface area (Å²) in [7, 11) is 0. The molecule has 134 valence electrons. The maximum Gasteiger partial charge on any atom is 0.263 e. The van der Waals surface area contributed by atoms with E-state index in [0.717, 1.165) is 27.6 Å². The van der Waals surface area contributed by atoms with Crippen LogP contribution >= 0.6 is 22.7 Å². The monoisotopic (exact) mass is 396 g/mol. The van der Waals surface area contributed by atoms with Crippen LogP contribution < -0.4 is 5.32 Å². The predicted octanol–water partition coefficient (Wildman–Crippen LogP) is 4.40. The highest BCUT2D eigenvalue weighted by atomic mass is 32.1. The first-order valence-corrected chi connectivity index (χ1v) is 9.74. The van der Waals surface area contributed by atoms with Crippen molar-refractivity contribution in [1.29, 1.82) is 0 Å². The van der Waals surface area contributed by atoms with E-state index >= 15 is 0 Å². The molecule has 27 heavy (non-hydrogen) atoms. The molecule has 0 spiro atoms. The van der Waals surface area contributed by atoms with Gasteiger partial charge in [0.2, 0.25) is 0 Å². The Balaban J connectivity index is 1.42. The van der Waals surface area contributed by atoms with E-state index in [1.165, 1.54) is 23.6 Å². The molecule has 3 aromatic heterocycles. The Kier molecular flexibility index (Phi) is 4.99. The smallest absolute Gasteiger partial charge is 0.263 e. The number of halogens is 1. The summed E-state index contributed by atoms with van der Waals surface area (Å²) in [5.41, 5.74) is 2.23. The molecule has 0 unspecified atom stereocenters. The zero-order valence-corrected chi connectivity index (χ0v) is 15.6. The van der Waals surface area contributed by atoms with Crippen molar-refractivity contribution in [3.8, 4) is 21.8 Å². The highest BCUT2D eigenvalue weighted by Gasteiger charge is 2.14. The molecule has 1 aromatic carbocycles. The van der Waals surface area contributed by atoms with Crippen molar-refractivity contribution in [3.05, 3.63) is 76.1 Å². The maximum atomic E-state index is 13.9. The fourth-order valence-electron chi connectivity index (χ4n) is 2.43. The van der Waals surface area contributed by atoms with E-state index in [9.17, 15) is 9.18 Å². The minimum absolute atomic E-state index is 0.254. The van der Waals surface area contributed by atoms with Crippen molar-refractivity contribution < 1.29 is 9.18 Å². The Morgan fingerprint density at radius 2 is 1.96 bits per heavy atom. The second-order valence-electron chi connectivity index (χ2n) is 5.55. The number of rotatable bonds is 5. The third kappa shape index (κ3) is 3.91. The van der Waals surface area contributed by atoms with E-state index in [0.29, 0.717) is 22.0 Å². The van der Waals surface area contributed by atoms with Crippen LogP contribution in [-0.4, -0.2) is 20.9 Å². The van der Waals surface area contributed by atoms with Gasteiger partial charge in [0.25, 0.3) is 5.91 Å². The molecule has 0 aliphatic carbocycles. The van der Waals surface area contributed by atoms with Gasteiger partial charge in [-0.3, -0.25) is 9.78 Å². The van der Waals surface area contributed by atoms with Gasteiger partial charge < -0.3 is 5.32 Å². The number of carbonyl (C=O) groups excluding carboxylic acids is 1. The van der Waals surface area contributed by atoms with Gasteiger partial charge >= 0.3 is 0 Å². The molecule has 0 aliphatic heterocycles. The zero-order chi connectivity index (χ0) is 18.6. The highest BCUT2D eigenvalue weighted by Crippen LogP contribution is 2.27. The van der Waals surface area contributed by atoms with Gasteiger partial charge in [-0.25, -0.2) is 14.4 Å². The van der Waals surface area contributed by atoms with Gasteiger partial charge in [-0.1, -0.05) is 12.1 Å². The fraction of sp³-hybridized carbons (Fsp3) is 0.0526. The summed E-state index contributed by atoms with van der Waals surface area (Å²) in [5, 5.41) is 6.06. The number of amides is 1. The van der Waals surface area contributed by atoms with E-state index in [1.807, 2.05) is 17.5 Å². The van der Waals surface area contributed by atoms with Crippen molar-refractivity contribution in [1.82, 2.24) is 20.3 Å². The molecule has 0 fully saturated rings. The molecule has 0 atom stereocenters. The highest BCUT2D eigenvalue weighted by molar-refractivity contribution is 7.16. The first-order valence-electron chi connectivity index (χ1n) is 8.04. The molecule has 8 heteroatoms.